The van der Waals surface area contributed by atoms with Crippen LogP contribution >= 0.6 is 0 Å². The van der Waals surface area contributed by atoms with Gasteiger partial charge < -0.3 is 39.2 Å². The topological polar surface area (TPSA) is 116 Å². The van der Waals surface area contributed by atoms with Crippen LogP contribution in [0.1, 0.15) is 47.0 Å². The zero-order valence-electron chi connectivity index (χ0n) is 20.9. The molecule has 0 saturated carbocycles. The molecular weight excluding hydrogens is 430 g/mol. The Labute approximate surface area is 197 Å². The summed E-state index contributed by atoms with van der Waals surface area (Å²) in [5.74, 6) is -1.73. The summed E-state index contributed by atoms with van der Waals surface area (Å²) < 4.78 is 28.1. The molecule has 2 heterocycles. The molecule has 0 unspecified atom stereocenters. The first kappa shape index (κ1) is 27.8. The quantitative estimate of drug-likeness (QED) is 0.437. The first-order chi connectivity index (χ1) is 15.4. The van der Waals surface area contributed by atoms with E-state index in [1.165, 1.54) is 13.3 Å². The summed E-state index contributed by atoms with van der Waals surface area (Å²) in [4.78, 5) is 12.8. The van der Waals surface area contributed by atoms with Crippen molar-refractivity contribution >= 4 is 5.91 Å². The van der Waals surface area contributed by atoms with Gasteiger partial charge in [0.15, 0.2) is 6.10 Å². The molecule has 190 valence electrons. The van der Waals surface area contributed by atoms with E-state index in [-0.39, 0.29) is 37.1 Å². The van der Waals surface area contributed by atoms with Crippen LogP contribution in [0, 0.1) is 11.3 Å². The molecule has 7 atom stereocenters. The van der Waals surface area contributed by atoms with E-state index in [1.54, 1.807) is 14.2 Å². The lowest BCUT2D eigenvalue weighted by atomic mass is 9.75. The van der Waals surface area contributed by atoms with Crippen molar-refractivity contribution < 1.29 is 38.7 Å². The first-order valence-corrected chi connectivity index (χ1v) is 11.4. The molecule has 2 rings (SSSR count). The van der Waals surface area contributed by atoms with E-state index in [1.807, 2.05) is 27.7 Å². The molecule has 0 spiro atoms. The number of carbonyl (C=O) groups is 1. The molecular formula is C24H41NO8. The molecule has 2 saturated heterocycles. The molecule has 0 aromatic carbocycles. The fourth-order valence-electron chi connectivity index (χ4n) is 4.24. The normalized spacial score (nSPS) is 35.1. The Hall–Kier alpha value is -1.49. The van der Waals surface area contributed by atoms with E-state index in [9.17, 15) is 15.0 Å². The average Bonchev–Trinajstić information content (AvgIpc) is 2.77. The van der Waals surface area contributed by atoms with Crippen LogP contribution in [-0.4, -0.2) is 80.4 Å². The van der Waals surface area contributed by atoms with E-state index < -0.39 is 29.3 Å². The minimum absolute atomic E-state index is 0.0807. The second-order valence-corrected chi connectivity index (χ2v) is 9.68. The third kappa shape index (κ3) is 6.15. The predicted octanol–water partition coefficient (Wildman–Crippen LogP) is 1.88. The van der Waals surface area contributed by atoms with Crippen LogP contribution in [0.3, 0.4) is 0 Å². The molecule has 0 bridgehead atoms. The monoisotopic (exact) mass is 471 g/mol. The number of ether oxygens (including phenoxy) is 5. The van der Waals surface area contributed by atoms with Gasteiger partial charge in [0.1, 0.15) is 11.9 Å². The maximum atomic E-state index is 12.8. The standard InChI is InChI=1S/C24H41NO8/c1-14-11-24(31-8,33-16(3)15(14)2)21(27)22(28)25-12-17-9-19(26)23(4,5)20(32-17)10-18(30-7)13-29-6/h12,15-16,18-21,26-27H,1,9-11,13H2,2-8H3,(H,25,28)/b17-12-/t15-,16-,18+,19-,20-,21-,24-/m1/s1. The number of methoxy groups -OCH3 is 3. The van der Waals surface area contributed by atoms with Gasteiger partial charge in [-0.05, 0) is 6.92 Å². The smallest absolute Gasteiger partial charge is 0.258 e. The number of hydrogen-bond acceptors (Lipinski definition) is 8. The van der Waals surface area contributed by atoms with E-state index in [0.29, 0.717) is 18.8 Å². The largest absolute Gasteiger partial charge is 0.492 e. The van der Waals surface area contributed by atoms with Crippen molar-refractivity contribution in [2.45, 2.75) is 83.3 Å². The molecule has 0 aliphatic carbocycles. The number of nitrogens with one attached hydrogen (secondary N) is 1. The maximum Gasteiger partial charge on any atom is 0.258 e. The molecule has 0 aromatic heterocycles. The van der Waals surface area contributed by atoms with Crippen LogP contribution in [0.25, 0.3) is 0 Å². The molecule has 0 radical (unpaired) electrons. The number of carbonyl (C=O) groups excluding carboxylic acids is 1. The van der Waals surface area contributed by atoms with Crippen molar-refractivity contribution in [3.05, 3.63) is 24.1 Å². The summed E-state index contributed by atoms with van der Waals surface area (Å²) in [6.45, 7) is 12.1. The van der Waals surface area contributed by atoms with Gasteiger partial charge in [0.2, 0.25) is 5.79 Å². The summed E-state index contributed by atoms with van der Waals surface area (Å²) in [5.41, 5.74) is 0.308. The Kier molecular flexibility index (Phi) is 9.50. The SMILES string of the molecule is C=C1C[C@](OC)([C@H](O)C(=O)N/C=C2/C[C@@H](O)C(C)(C)[C@@H](C[C@@H](COC)OC)O2)O[C@H](C)[C@@H]1C. The summed E-state index contributed by atoms with van der Waals surface area (Å²) >= 11 is 0. The van der Waals surface area contributed by atoms with Crippen LogP contribution in [-0.2, 0) is 28.5 Å². The molecule has 9 heteroatoms. The van der Waals surface area contributed by atoms with Crippen LogP contribution in [0.15, 0.2) is 24.1 Å². The van der Waals surface area contributed by atoms with Crippen molar-refractivity contribution in [1.29, 1.82) is 0 Å². The fourth-order valence-corrected chi connectivity index (χ4v) is 4.24. The van der Waals surface area contributed by atoms with E-state index in [4.69, 9.17) is 23.7 Å². The number of rotatable bonds is 9. The molecule has 2 aliphatic heterocycles. The van der Waals surface area contributed by atoms with Crippen LogP contribution in [0.2, 0.25) is 0 Å². The molecule has 0 aromatic rings. The van der Waals surface area contributed by atoms with E-state index >= 15 is 0 Å². The van der Waals surface area contributed by atoms with Crippen LogP contribution < -0.4 is 5.32 Å². The third-order valence-electron chi connectivity index (χ3n) is 7.13. The summed E-state index contributed by atoms with van der Waals surface area (Å²) in [6, 6.07) is 0. The van der Waals surface area contributed by atoms with Crippen molar-refractivity contribution in [1.82, 2.24) is 5.32 Å². The molecule has 3 N–H and O–H groups in total. The molecule has 33 heavy (non-hydrogen) atoms. The van der Waals surface area contributed by atoms with Gasteiger partial charge in [-0.25, -0.2) is 0 Å². The van der Waals surface area contributed by atoms with Crippen molar-refractivity contribution in [2.24, 2.45) is 11.3 Å². The zero-order chi connectivity index (χ0) is 25.0. The lowest BCUT2D eigenvalue weighted by molar-refractivity contribution is -0.297. The van der Waals surface area contributed by atoms with Crippen LogP contribution in [0.4, 0.5) is 0 Å². The van der Waals surface area contributed by atoms with Gasteiger partial charge in [0.05, 0.1) is 24.9 Å². The molecule has 9 nitrogen and oxygen atoms in total. The predicted molar refractivity (Wildman–Crippen MR) is 122 cm³/mol. The Morgan fingerprint density at radius 3 is 2.55 bits per heavy atom. The highest BCUT2D eigenvalue weighted by molar-refractivity contribution is 5.82. The maximum absolute atomic E-state index is 12.8. The van der Waals surface area contributed by atoms with Crippen LogP contribution in [0.5, 0.6) is 0 Å². The average molecular weight is 472 g/mol. The highest BCUT2D eigenvalue weighted by Crippen LogP contribution is 2.40. The van der Waals surface area contributed by atoms with Crippen molar-refractivity contribution in [2.75, 3.05) is 27.9 Å². The Morgan fingerprint density at radius 1 is 1.33 bits per heavy atom. The summed E-state index contributed by atoms with van der Waals surface area (Å²) in [5, 5.41) is 24.1. The lowest BCUT2D eigenvalue weighted by Gasteiger charge is -2.45. The Morgan fingerprint density at radius 2 is 2.00 bits per heavy atom. The highest BCUT2D eigenvalue weighted by Gasteiger charge is 2.50. The molecule has 1 amide bonds. The van der Waals surface area contributed by atoms with Gasteiger partial charge in [0.25, 0.3) is 5.91 Å². The highest BCUT2D eigenvalue weighted by atomic mass is 16.7. The molecule has 2 aliphatic rings. The van der Waals surface area contributed by atoms with Gasteiger partial charge in [-0.15, -0.1) is 0 Å². The van der Waals surface area contributed by atoms with Gasteiger partial charge in [-0.3, -0.25) is 4.79 Å². The Balaban J connectivity index is 2.11. The second kappa shape index (κ2) is 11.3. The van der Waals surface area contributed by atoms with Gasteiger partial charge in [-0.1, -0.05) is 32.9 Å². The second-order valence-electron chi connectivity index (χ2n) is 9.68. The summed E-state index contributed by atoms with van der Waals surface area (Å²) in [6.07, 6.45) is -0.829. The minimum Gasteiger partial charge on any atom is -0.492 e. The fraction of sp³-hybridized carbons (Fsp3) is 0.792. The van der Waals surface area contributed by atoms with Crippen molar-refractivity contribution in [3.63, 3.8) is 0 Å². The zero-order valence-corrected chi connectivity index (χ0v) is 20.9. The lowest BCUT2D eigenvalue weighted by Crippen LogP contribution is -2.58. The Bertz CT molecular complexity index is 723. The van der Waals surface area contributed by atoms with E-state index in [2.05, 4.69) is 11.9 Å². The third-order valence-corrected chi connectivity index (χ3v) is 7.13. The number of amides is 1. The molecule has 2 fully saturated rings. The van der Waals surface area contributed by atoms with Gasteiger partial charge >= 0.3 is 0 Å². The van der Waals surface area contributed by atoms with E-state index in [0.717, 1.165) is 5.57 Å². The van der Waals surface area contributed by atoms with Gasteiger partial charge in [-0.2, -0.15) is 0 Å². The van der Waals surface area contributed by atoms with Crippen molar-refractivity contribution in [3.8, 4) is 0 Å². The van der Waals surface area contributed by atoms with Gasteiger partial charge in [0, 0.05) is 58.1 Å². The first-order valence-electron chi connectivity index (χ1n) is 11.4. The number of aliphatic hydroxyl groups is 2. The summed E-state index contributed by atoms with van der Waals surface area (Å²) in [7, 11) is 4.59. The number of hydrogen-bond donors (Lipinski definition) is 3. The minimum atomic E-state index is -1.59. The number of aliphatic hydroxyl groups excluding tert-OH is 2.